The summed E-state index contributed by atoms with van der Waals surface area (Å²) in [6.45, 7) is 3.28. The van der Waals surface area contributed by atoms with Crippen molar-refractivity contribution in [1.29, 1.82) is 0 Å². The van der Waals surface area contributed by atoms with E-state index in [-0.39, 0.29) is 23.6 Å². The maximum atomic E-state index is 12.7. The Morgan fingerprint density at radius 3 is 2.16 bits per heavy atom. The van der Waals surface area contributed by atoms with Gasteiger partial charge in [0.2, 0.25) is 0 Å². The Balaban J connectivity index is 4.56. The van der Waals surface area contributed by atoms with Gasteiger partial charge in [0.1, 0.15) is 5.78 Å². The van der Waals surface area contributed by atoms with Crippen LogP contribution in [0.5, 0.6) is 0 Å². The third-order valence-electron chi connectivity index (χ3n) is 2.43. The number of nitrogens with one attached hydrogen (secondary N) is 1. The van der Waals surface area contributed by atoms with Crippen LogP contribution in [0.25, 0.3) is 0 Å². The molecule has 0 aromatic carbocycles. The summed E-state index contributed by atoms with van der Waals surface area (Å²) in [4.78, 5) is 22.5. The highest BCUT2D eigenvalue weighted by Crippen LogP contribution is 2.23. The molecule has 1 amide bonds. The van der Waals surface area contributed by atoms with Crippen molar-refractivity contribution in [3.05, 3.63) is 0 Å². The third kappa shape index (κ3) is 5.88. The molecular formula is C11H16BrF4NO2. The molecule has 0 spiro atoms. The Bertz CT molecular complexity index is 324. The molecule has 0 heterocycles. The van der Waals surface area contributed by atoms with Gasteiger partial charge >= 0.3 is 12.3 Å². The number of hydrogen-bond acceptors (Lipinski definition) is 2. The average Bonchev–Trinajstić information content (AvgIpc) is 2.32. The molecule has 0 radical (unpaired) electrons. The van der Waals surface area contributed by atoms with E-state index in [1.807, 2.05) is 13.8 Å². The summed E-state index contributed by atoms with van der Waals surface area (Å²) in [5.41, 5.74) is 0. The van der Waals surface area contributed by atoms with E-state index in [1.54, 1.807) is 5.32 Å². The minimum Gasteiger partial charge on any atom is -0.350 e. The molecule has 0 aliphatic rings. The fourth-order valence-electron chi connectivity index (χ4n) is 1.44. The van der Waals surface area contributed by atoms with E-state index in [0.717, 1.165) is 0 Å². The molecule has 0 rings (SSSR count). The molecule has 8 heteroatoms. The molecule has 0 aliphatic carbocycles. The van der Waals surface area contributed by atoms with Gasteiger partial charge in [-0.25, -0.2) is 8.78 Å². The number of carbonyl (C=O) groups excluding carboxylic acids is 2. The molecule has 0 aliphatic heterocycles. The van der Waals surface area contributed by atoms with E-state index in [4.69, 9.17) is 0 Å². The van der Waals surface area contributed by atoms with Crippen LogP contribution in [0.15, 0.2) is 0 Å². The average molecular weight is 350 g/mol. The predicted molar refractivity (Wildman–Crippen MR) is 65.7 cm³/mol. The second-order valence-corrected chi connectivity index (χ2v) is 5.12. The van der Waals surface area contributed by atoms with Gasteiger partial charge in [-0.15, -0.1) is 0 Å². The maximum Gasteiger partial charge on any atom is 0.383 e. The van der Waals surface area contributed by atoms with Crippen LogP contribution >= 0.6 is 15.9 Å². The van der Waals surface area contributed by atoms with Crippen LogP contribution in [-0.2, 0) is 9.59 Å². The SMILES string of the molecule is CC(C)CC(CNC(=O)C(F)(F)C(F)F)C(=O)CBr. The minimum atomic E-state index is -4.74. The molecular weight excluding hydrogens is 334 g/mol. The molecule has 0 fully saturated rings. The van der Waals surface area contributed by atoms with E-state index in [1.165, 1.54) is 0 Å². The standard InChI is InChI=1S/C11H16BrF4NO2/c1-6(2)3-7(8(18)4-12)5-17-10(19)11(15,16)9(13)14/h6-7,9H,3-5H2,1-2H3,(H,17,19). The third-order valence-corrected chi connectivity index (χ3v) is 2.98. The first-order valence-electron chi connectivity index (χ1n) is 5.65. The zero-order chi connectivity index (χ0) is 15.2. The normalized spacial score (nSPS) is 13.7. The highest BCUT2D eigenvalue weighted by atomic mass is 79.9. The van der Waals surface area contributed by atoms with Crippen molar-refractivity contribution < 1.29 is 27.2 Å². The quantitative estimate of drug-likeness (QED) is 0.540. The Kier molecular flexibility index (Phi) is 7.54. The summed E-state index contributed by atoms with van der Waals surface area (Å²) in [5.74, 6) is -7.62. The van der Waals surface area contributed by atoms with Crippen molar-refractivity contribution in [2.75, 3.05) is 11.9 Å². The minimum absolute atomic E-state index is 0.0193. The van der Waals surface area contributed by atoms with Crippen LogP contribution in [0.2, 0.25) is 0 Å². The summed E-state index contributed by atoms with van der Waals surface area (Å²) in [6, 6.07) is 0. The van der Waals surface area contributed by atoms with Crippen LogP contribution in [0.3, 0.4) is 0 Å². The Hall–Kier alpha value is -0.660. The summed E-state index contributed by atoms with van der Waals surface area (Å²) in [7, 11) is 0. The molecule has 0 bridgehead atoms. The van der Waals surface area contributed by atoms with E-state index in [9.17, 15) is 27.2 Å². The number of ketones is 1. The number of halogens is 5. The van der Waals surface area contributed by atoms with Gasteiger partial charge in [-0.05, 0) is 12.3 Å². The van der Waals surface area contributed by atoms with Crippen LogP contribution in [0, 0.1) is 11.8 Å². The van der Waals surface area contributed by atoms with Crippen molar-refractivity contribution in [2.24, 2.45) is 11.8 Å². The number of amides is 1. The van der Waals surface area contributed by atoms with Gasteiger partial charge in [-0.2, -0.15) is 8.78 Å². The summed E-state index contributed by atoms with van der Waals surface area (Å²) in [6.07, 6.45) is -3.69. The zero-order valence-electron chi connectivity index (χ0n) is 10.6. The lowest BCUT2D eigenvalue weighted by Gasteiger charge is -2.20. The highest BCUT2D eigenvalue weighted by Gasteiger charge is 2.48. The number of hydrogen-bond donors (Lipinski definition) is 1. The molecule has 1 N–H and O–H groups in total. The van der Waals surface area contributed by atoms with Gasteiger partial charge in [0.05, 0.1) is 5.33 Å². The smallest absolute Gasteiger partial charge is 0.350 e. The number of carbonyl (C=O) groups is 2. The van der Waals surface area contributed by atoms with Crippen LogP contribution < -0.4 is 5.32 Å². The van der Waals surface area contributed by atoms with E-state index >= 15 is 0 Å². The Labute approximate surface area is 117 Å². The van der Waals surface area contributed by atoms with Gasteiger partial charge in [0.25, 0.3) is 5.91 Å². The van der Waals surface area contributed by atoms with Gasteiger partial charge in [0.15, 0.2) is 0 Å². The fourth-order valence-corrected chi connectivity index (χ4v) is 1.90. The first-order valence-corrected chi connectivity index (χ1v) is 6.78. The second-order valence-electron chi connectivity index (χ2n) is 4.56. The predicted octanol–water partition coefficient (Wildman–Crippen LogP) is 2.63. The molecule has 1 unspecified atom stereocenters. The molecule has 0 saturated carbocycles. The summed E-state index contributed by atoms with van der Waals surface area (Å²) < 4.78 is 49.2. The molecule has 0 aromatic rings. The first kappa shape index (κ1) is 18.3. The lowest BCUT2D eigenvalue weighted by atomic mass is 9.94. The van der Waals surface area contributed by atoms with E-state index in [2.05, 4.69) is 15.9 Å². The van der Waals surface area contributed by atoms with Gasteiger partial charge < -0.3 is 5.32 Å². The topological polar surface area (TPSA) is 46.2 Å². The molecule has 112 valence electrons. The van der Waals surface area contributed by atoms with Crippen molar-refractivity contribution in [1.82, 2.24) is 5.32 Å². The van der Waals surface area contributed by atoms with Gasteiger partial charge in [0, 0.05) is 12.5 Å². The largest absolute Gasteiger partial charge is 0.383 e. The molecule has 3 nitrogen and oxygen atoms in total. The zero-order valence-corrected chi connectivity index (χ0v) is 12.1. The van der Waals surface area contributed by atoms with Crippen LogP contribution in [0.4, 0.5) is 17.6 Å². The summed E-state index contributed by atoms with van der Waals surface area (Å²) in [5, 5.41) is 1.73. The van der Waals surface area contributed by atoms with E-state index < -0.39 is 24.2 Å². The van der Waals surface area contributed by atoms with Crippen molar-refractivity contribution in [2.45, 2.75) is 32.6 Å². The molecule has 19 heavy (non-hydrogen) atoms. The Morgan fingerprint density at radius 1 is 1.26 bits per heavy atom. The van der Waals surface area contributed by atoms with E-state index in [0.29, 0.717) is 6.42 Å². The van der Waals surface area contributed by atoms with Gasteiger partial charge in [-0.1, -0.05) is 29.8 Å². The Morgan fingerprint density at radius 2 is 1.79 bits per heavy atom. The fraction of sp³-hybridized carbons (Fsp3) is 0.818. The lowest BCUT2D eigenvalue weighted by Crippen LogP contribution is -2.47. The van der Waals surface area contributed by atoms with Crippen molar-refractivity contribution >= 4 is 27.6 Å². The monoisotopic (exact) mass is 349 g/mol. The second kappa shape index (κ2) is 7.81. The molecule has 0 aromatic heterocycles. The molecule has 1 atom stereocenters. The number of rotatable bonds is 8. The van der Waals surface area contributed by atoms with Crippen LogP contribution in [-0.4, -0.2) is 35.9 Å². The van der Waals surface area contributed by atoms with Crippen molar-refractivity contribution in [3.63, 3.8) is 0 Å². The maximum absolute atomic E-state index is 12.7. The number of Topliss-reactive ketones (excluding diaryl/α,β-unsaturated/α-hetero) is 1. The highest BCUT2D eigenvalue weighted by molar-refractivity contribution is 9.09. The number of alkyl halides is 5. The van der Waals surface area contributed by atoms with Crippen molar-refractivity contribution in [3.8, 4) is 0 Å². The van der Waals surface area contributed by atoms with Crippen LogP contribution in [0.1, 0.15) is 20.3 Å². The summed E-state index contributed by atoms with van der Waals surface area (Å²) >= 11 is 2.94. The molecule has 0 saturated heterocycles. The first-order chi connectivity index (χ1) is 8.62. The lowest BCUT2D eigenvalue weighted by molar-refractivity contribution is -0.169. The van der Waals surface area contributed by atoms with Gasteiger partial charge in [-0.3, -0.25) is 9.59 Å².